The van der Waals surface area contributed by atoms with E-state index in [4.69, 9.17) is 9.47 Å². The van der Waals surface area contributed by atoms with Crippen molar-refractivity contribution in [2.24, 2.45) is 0 Å². The summed E-state index contributed by atoms with van der Waals surface area (Å²) in [7, 11) is -0.637. The van der Waals surface area contributed by atoms with Crippen LogP contribution in [0.25, 0.3) is 0 Å². The minimum atomic E-state index is -3.63. The Balaban J connectivity index is 1.71. The molecule has 1 aliphatic rings. The van der Waals surface area contributed by atoms with Gasteiger partial charge >= 0.3 is 0 Å². The van der Waals surface area contributed by atoms with Crippen molar-refractivity contribution in [2.75, 3.05) is 32.2 Å². The lowest BCUT2D eigenvalue weighted by Gasteiger charge is -2.24. The van der Waals surface area contributed by atoms with E-state index in [1.165, 1.54) is 26.4 Å². The van der Waals surface area contributed by atoms with Gasteiger partial charge in [-0.05, 0) is 25.0 Å². The lowest BCUT2D eigenvalue weighted by Crippen LogP contribution is -2.40. The van der Waals surface area contributed by atoms with Crippen molar-refractivity contribution in [3.63, 3.8) is 0 Å². The molecule has 0 aliphatic carbocycles. The van der Waals surface area contributed by atoms with E-state index in [-0.39, 0.29) is 10.9 Å². The number of benzene rings is 1. The Labute approximate surface area is 151 Å². The van der Waals surface area contributed by atoms with E-state index >= 15 is 0 Å². The number of sulfonamides is 1. The van der Waals surface area contributed by atoms with Crippen LogP contribution in [0.4, 0.5) is 5.13 Å². The van der Waals surface area contributed by atoms with Crippen molar-refractivity contribution >= 4 is 26.5 Å². The maximum Gasteiger partial charge on any atom is 0.240 e. The third-order valence-corrected chi connectivity index (χ3v) is 6.45. The van der Waals surface area contributed by atoms with Crippen LogP contribution in [-0.2, 0) is 10.0 Å². The van der Waals surface area contributed by atoms with Crippen LogP contribution in [0.1, 0.15) is 12.8 Å². The Morgan fingerprint density at radius 3 is 2.80 bits per heavy atom. The normalized spacial score (nSPS) is 17.7. The lowest BCUT2D eigenvalue weighted by atomic mass is 10.2. The van der Waals surface area contributed by atoms with E-state index < -0.39 is 10.0 Å². The second kappa shape index (κ2) is 7.59. The fraction of sp³-hybridized carbons (Fsp3) is 0.438. The molecule has 9 heteroatoms. The molecule has 1 saturated heterocycles. The molecule has 1 aromatic carbocycles. The van der Waals surface area contributed by atoms with Gasteiger partial charge in [0.25, 0.3) is 0 Å². The predicted molar refractivity (Wildman–Crippen MR) is 97.2 cm³/mol. The Morgan fingerprint density at radius 1 is 1.32 bits per heavy atom. The maximum absolute atomic E-state index is 12.6. The minimum absolute atomic E-state index is 0.112. The van der Waals surface area contributed by atoms with Crippen molar-refractivity contribution in [3.05, 3.63) is 29.8 Å². The first-order valence-electron chi connectivity index (χ1n) is 7.93. The predicted octanol–water partition coefficient (Wildman–Crippen LogP) is 2.11. The molecule has 0 saturated carbocycles. The zero-order valence-electron chi connectivity index (χ0n) is 14.1. The molecule has 2 aromatic rings. The van der Waals surface area contributed by atoms with E-state index in [2.05, 4.69) is 14.6 Å². The number of hydrogen-bond acceptors (Lipinski definition) is 7. The van der Waals surface area contributed by atoms with Crippen LogP contribution in [0, 0.1) is 0 Å². The molecule has 25 heavy (non-hydrogen) atoms. The largest absolute Gasteiger partial charge is 0.493 e. The van der Waals surface area contributed by atoms with Crippen LogP contribution in [0.15, 0.2) is 34.7 Å². The van der Waals surface area contributed by atoms with Gasteiger partial charge in [-0.2, -0.15) is 0 Å². The molecule has 1 fully saturated rings. The number of nitrogens with zero attached hydrogens (tertiary/aromatic N) is 2. The van der Waals surface area contributed by atoms with Crippen molar-refractivity contribution in [1.29, 1.82) is 0 Å². The first kappa shape index (κ1) is 18.0. The molecule has 136 valence electrons. The third-order valence-electron chi connectivity index (χ3n) is 4.22. The van der Waals surface area contributed by atoms with Crippen molar-refractivity contribution < 1.29 is 17.9 Å². The van der Waals surface area contributed by atoms with E-state index in [1.807, 2.05) is 5.38 Å². The first-order valence-corrected chi connectivity index (χ1v) is 10.3. The number of ether oxygens (including phenoxy) is 2. The molecule has 0 amide bonds. The van der Waals surface area contributed by atoms with Crippen LogP contribution >= 0.6 is 11.3 Å². The van der Waals surface area contributed by atoms with Crippen molar-refractivity contribution in [2.45, 2.75) is 23.8 Å². The molecule has 0 radical (unpaired) electrons. The summed E-state index contributed by atoms with van der Waals surface area (Å²) in [6, 6.07) is 4.68. The number of aromatic nitrogens is 1. The van der Waals surface area contributed by atoms with Crippen LogP contribution in [0.5, 0.6) is 11.5 Å². The number of thiazole rings is 1. The molecule has 1 atom stereocenters. The molecular weight excluding hydrogens is 362 g/mol. The number of rotatable bonds is 7. The van der Waals surface area contributed by atoms with Gasteiger partial charge in [0, 0.05) is 36.8 Å². The van der Waals surface area contributed by atoms with E-state index in [0.717, 1.165) is 24.5 Å². The third kappa shape index (κ3) is 3.88. The molecule has 1 aliphatic heterocycles. The van der Waals surface area contributed by atoms with Gasteiger partial charge in [0.15, 0.2) is 16.6 Å². The monoisotopic (exact) mass is 383 g/mol. The Morgan fingerprint density at radius 2 is 2.12 bits per heavy atom. The standard InChI is InChI=1S/C16H21N3O4S2/c1-22-14-6-5-13(10-15(14)23-2)25(20,21)18-11-12-4-3-8-19(12)16-17-7-9-24-16/h5-7,9-10,12,18H,3-4,8,11H2,1-2H3. The highest BCUT2D eigenvalue weighted by atomic mass is 32.2. The Kier molecular flexibility index (Phi) is 5.45. The topological polar surface area (TPSA) is 80.8 Å². The van der Waals surface area contributed by atoms with Gasteiger partial charge in [-0.25, -0.2) is 18.1 Å². The Bertz CT molecular complexity index is 809. The second-order valence-electron chi connectivity index (χ2n) is 5.67. The quantitative estimate of drug-likeness (QED) is 0.789. The van der Waals surface area contributed by atoms with Gasteiger partial charge in [0.2, 0.25) is 10.0 Å². The fourth-order valence-electron chi connectivity index (χ4n) is 2.93. The summed E-state index contributed by atoms with van der Waals surface area (Å²) in [5.41, 5.74) is 0. The average molecular weight is 383 g/mol. The van der Waals surface area contributed by atoms with Gasteiger partial charge in [-0.3, -0.25) is 0 Å². The molecular formula is C16H21N3O4S2. The first-order chi connectivity index (χ1) is 12.0. The highest BCUT2D eigenvalue weighted by molar-refractivity contribution is 7.89. The summed E-state index contributed by atoms with van der Waals surface area (Å²) >= 11 is 1.57. The number of nitrogens with one attached hydrogen (secondary N) is 1. The molecule has 0 spiro atoms. The SMILES string of the molecule is COc1ccc(S(=O)(=O)NCC2CCCN2c2nccs2)cc1OC. The van der Waals surface area contributed by atoms with Crippen LogP contribution in [0.2, 0.25) is 0 Å². The maximum atomic E-state index is 12.6. The van der Waals surface area contributed by atoms with Gasteiger partial charge in [-0.15, -0.1) is 11.3 Å². The molecule has 7 nitrogen and oxygen atoms in total. The van der Waals surface area contributed by atoms with Crippen LogP contribution in [0.3, 0.4) is 0 Å². The molecule has 1 unspecified atom stereocenters. The summed E-state index contributed by atoms with van der Waals surface area (Å²) < 4.78 is 38.3. The second-order valence-corrected chi connectivity index (χ2v) is 8.31. The zero-order chi connectivity index (χ0) is 17.9. The average Bonchev–Trinajstić information content (AvgIpc) is 3.30. The Hall–Kier alpha value is -1.84. The van der Waals surface area contributed by atoms with Crippen LogP contribution in [-0.4, -0.2) is 46.8 Å². The summed E-state index contributed by atoms with van der Waals surface area (Å²) in [6.45, 7) is 1.24. The smallest absolute Gasteiger partial charge is 0.240 e. The van der Waals surface area contributed by atoms with Gasteiger partial charge < -0.3 is 14.4 Å². The molecule has 1 N–H and O–H groups in total. The van der Waals surface area contributed by atoms with E-state index in [0.29, 0.717) is 18.0 Å². The highest BCUT2D eigenvalue weighted by Gasteiger charge is 2.28. The fourth-order valence-corrected chi connectivity index (χ4v) is 4.76. The summed E-state index contributed by atoms with van der Waals surface area (Å²) in [5, 5.41) is 2.87. The molecule has 3 rings (SSSR count). The van der Waals surface area contributed by atoms with Crippen molar-refractivity contribution in [3.8, 4) is 11.5 Å². The van der Waals surface area contributed by atoms with Gasteiger partial charge in [0.05, 0.1) is 19.1 Å². The lowest BCUT2D eigenvalue weighted by molar-refractivity contribution is 0.354. The van der Waals surface area contributed by atoms with Gasteiger partial charge in [-0.1, -0.05) is 0 Å². The van der Waals surface area contributed by atoms with Crippen LogP contribution < -0.4 is 19.1 Å². The summed E-state index contributed by atoms with van der Waals surface area (Å²) in [6.07, 6.45) is 3.74. The summed E-state index contributed by atoms with van der Waals surface area (Å²) in [5.74, 6) is 0.878. The van der Waals surface area contributed by atoms with Crippen molar-refractivity contribution in [1.82, 2.24) is 9.71 Å². The minimum Gasteiger partial charge on any atom is -0.493 e. The number of anilines is 1. The molecule has 2 heterocycles. The van der Waals surface area contributed by atoms with E-state index in [9.17, 15) is 8.42 Å². The molecule has 0 bridgehead atoms. The van der Waals surface area contributed by atoms with E-state index in [1.54, 1.807) is 23.6 Å². The highest BCUT2D eigenvalue weighted by Crippen LogP contribution is 2.30. The number of hydrogen-bond donors (Lipinski definition) is 1. The summed E-state index contributed by atoms with van der Waals surface area (Å²) in [4.78, 5) is 6.65. The molecule has 1 aromatic heterocycles. The van der Waals surface area contributed by atoms with Gasteiger partial charge in [0.1, 0.15) is 0 Å². The number of methoxy groups -OCH3 is 2. The zero-order valence-corrected chi connectivity index (χ0v) is 15.8.